The third-order valence-electron chi connectivity index (χ3n) is 4.69. The molecule has 0 spiro atoms. The van der Waals surface area contributed by atoms with Crippen molar-refractivity contribution in [2.24, 2.45) is 0 Å². The van der Waals surface area contributed by atoms with Gasteiger partial charge >= 0.3 is 0 Å². The van der Waals surface area contributed by atoms with Crippen molar-refractivity contribution in [1.29, 1.82) is 0 Å². The second kappa shape index (κ2) is 10.0. The van der Waals surface area contributed by atoms with E-state index < -0.39 is 10.0 Å². The van der Waals surface area contributed by atoms with Gasteiger partial charge in [-0.3, -0.25) is 4.79 Å². The number of nitrogens with zero attached hydrogens (tertiary/aromatic N) is 1. The number of anilines is 1. The molecule has 0 aliphatic rings. The number of hydrogen-bond acceptors (Lipinski definition) is 6. The highest BCUT2D eigenvalue weighted by atomic mass is 32.2. The summed E-state index contributed by atoms with van der Waals surface area (Å²) in [6.45, 7) is 5.79. The van der Waals surface area contributed by atoms with Gasteiger partial charge in [-0.2, -0.15) is 0 Å². The van der Waals surface area contributed by atoms with Crippen LogP contribution in [0.4, 0.5) is 5.69 Å². The van der Waals surface area contributed by atoms with Crippen LogP contribution in [0.25, 0.3) is 12.2 Å². The van der Waals surface area contributed by atoms with Gasteiger partial charge in [-0.1, -0.05) is 49.3 Å². The first kappa shape index (κ1) is 22.9. The van der Waals surface area contributed by atoms with Gasteiger partial charge in [0.25, 0.3) is 0 Å². The molecule has 3 rings (SSSR count). The van der Waals surface area contributed by atoms with E-state index in [0.717, 1.165) is 21.8 Å². The zero-order valence-electron chi connectivity index (χ0n) is 17.6. The second-order valence-electron chi connectivity index (χ2n) is 7.06. The number of carbonyl (C=O) groups is 1. The summed E-state index contributed by atoms with van der Waals surface area (Å²) < 4.78 is 33.5. The number of sulfonamides is 1. The molecule has 2 aromatic heterocycles. The fraction of sp³-hybridized carbons (Fsp3) is 0.273. The van der Waals surface area contributed by atoms with Crippen molar-refractivity contribution < 1.29 is 17.7 Å². The Morgan fingerprint density at radius 1 is 1.19 bits per heavy atom. The van der Waals surface area contributed by atoms with Crippen LogP contribution in [0, 0.1) is 6.92 Å². The number of amides is 1. The number of benzene rings is 1. The largest absolute Gasteiger partial charge is 0.354 e. The summed E-state index contributed by atoms with van der Waals surface area (Å²) in [5.41, 5.74) is 2.17. The highest BCUT2D eigenvalue weighted by molar-refractivity contribution is 7.91. The van der Waals surface area contributed by atoms with Crippen LogP contribution >= 0.6 is 11.3 Å². The van der Waals surface area contributed by atoms with Crippen LogP contribution in [0.15, 0.2) is 51.2 Å². The smallest absolute Gasteiger partial charge is 0.250 e. The van der Waals surface area contributed by atoms with Crippen LogP contribution in [-0.2, 0) is 14.8 Å². The maximum absolute atomic E-state index is 12.7. The minimum Gasteiger partial charge on any atom is -0.354 e. The lowest BCUT2D eigenvalue weighted by Crippen LogP contribution is -2.27. The van der Waals surface area contributed by atoms with Gasteiger partial charge in [-0.05, 0) is 42.7 Å². The van der Waals surface area contributed by atoms with Crippen LogP contribution in [0.3, 0.4) is 0 Å². The fourth-order valence-electron chi connectivity index (χ4n) is 2.81. The quantitative estimate of drug-likeness (QED) is 0.485. The zero-order valence-corrected chi connectivity index (χ0v) is 19.2. The summed E-state index contributed by atoms with van der Waals surface area (Å²) in [5.74, 6) is 0.329. The van der Waals surface area contributed by atoms with Crippen molar-refractivity contribution in [1.82, 2.24) is 9.88 Å². The molecule has 0 saturated carbocycles. The molecule has 1 aromatic carbocycles. The highest BCUT2D eigenvalue weighted by Gasteiger charge is 2.18. The van der Waals surface area contributed by atoms with Crippen molar-refractivity contribution in [3.8, 4) is 0 Å². The molecule has 0 saturated heterocycles. The molecule has 1 atom stereocenters. The maximum Gasteiger partial charge on any atom is 0.250 e. The van der Waals surface area contributed by atoms with Crippen molar-refractivity contribution in [3.63, 3.8) is 0 Å². The van der Waals surface area contributed by atoms with Gasteiger partial charge in [-0.15, -0.1) is 11.3 Å². The van der Waals surface area contributed by atoms with Crippen molar-refractivity contribution >= 4 is 45.1 Å². The van der Waals surface area contributed by atoms with E-state index in [1.165, 1.54) is 0 Å². The third-order valence-corrected chi connectivity index (χ3v) is 7.65. The molecule has 9 heteroatoms. The molecule has 31 heavy (non-hydrogen) atoms. The summed E-state index contributed by atoms with van der Waals surface area (Å²) in [6.07, 6.45) is 3.74. The van der Waals surface area contributed by atoms with E-state index in [4.69, 9.17) is 4.52 Å². The molecule has 0 unspecified atom stereocenters. The van der Waals surface area contributed by atoms with Crippen molar-refractivity contribution in [2.75, 3.05) is 11.9 Å². The molecule has 2 heterocycles. The number of nitrogens with one attached hydrogen (secondary N) is 2. The zero-order chi connectivity index (χ0) is 22.4. The molecule has 2 N–H and O–H groups in total. The SMILES string of the molecule is CCC(=O)Nc1c(C)noc1/C=C/c1ccc(S(=O)(=O)NC[C@H](C)c2ccccc2)s1. The van der Waals surface area contributed by atoms with Gasteiger partial charge in [0.05, 0.1) is 0 Å². The van der Waals surface area contributed by atoms with Gasteiger partial charge in [-0.25, -0.2) is 13.1 Å². The van der Waals surface area contributed by atoms with Gasteiger partial charge in [0.1, 0.15) is 15.6 Å². The summed E-state index contributed by atoms with van der Waals surface area (Å²) in [6, 6.07) is 13.1. The number of rotatable bonds is 9. The molecule has 0 bridgehead atoms. The van der Waals surface area contributed by atoms with E-state index in [0.29, 0.717) is 30.1 Å². The van der Waals surface area contributed by atoms with Gasteiger partial charge in [0.2, 0.25) is 15.9 Å². The molecule has 164 valence electrons. The van der Waals surface area contributed by atoms with E-state index in [9.17, 15) is 13.2 Å². The third kappa shape index (κ3) is 5.90. The minimum atomic E-state index is -3.61. The average Bonchev–Trinajstić information content (AvgIpc) is 3.39. The Labute approximate surface area is 186 Å². The lowest BCUT2D eigenvalue weighted by atomic mass is 10.0. The molecule has 0 aliphatic heterocycles. The van der Waals surface area contributed by atoms with E-state index >= 15 is 0 Å². The van der Waals surface area contributed by atoms with Crippen LogP contribution in [0.2, 0.25) is 0 Å². The summed E-state index contributed by atoms with van der Waals surface area (Å²) in [4.78, 5) is 12.4. The predicted molar refractivity (Wildman–Crippen MR) is 123 cm³/mol. The molecular formula is C22H25N3O4S2. The summed E-state index contributed by atoms with van der Waals surface area (Å²) in [5, 5.41) is 6.65. The first-order valence-electron chi connectivity index (χ1n) is 9.88. The van der Waals surface area contributed by atoms with E-state index in [1.807, 2.05) is 37.3 Å². The first-order chi connectivity index (χ1) is 14.8. The lowest BCUT2D eigenvalue weighted by Gasteiger charge is -2.12. The molecule has 1 amide bonds. The van der Waals surface area contributed by atoms with Crippen LogP contribution in [-0.4, -0.2) is 26.0 Å². The Balaban J connectivity index is 1.68. The van der Waals surface area contributed by atoms with Crippen molar-refractivity contribution in [3.05, 3.63) is 64.4 Å². The maximum atomic E-state index is 12.7. The van der Waals surface area contributed by atoms with Gasteiger partial charge in [0.15, 0.2) is 5.76 Å². The highest BCUT2D eigenvalue weighted by Crippen LogP contribution is 2.26. The van der Waals surface area contributed by atoms with Crippen molar-refractivity contribution in [2.45, 2.75) is 37.3 Å². The van der Waals surface area contributed by atoms with Gasteiger partial charge in [0, 0.05) is 17.8 Å². The Hall–Kier alpha value is -2.75. The van der Waals surface area contributed by atoms with Gasteiger partial charge < -0.3 is 9.84 Å². The first-order valence-corrected chi connectivity index (χ1v) is 12.2. The topological polar surface area (TPSA) is 101 Å². The summed E-state index contributed by atoms with van der Waals surface area (Å²) >= 11 is 1.15. The molecule has 7 nitrogen and oxygen atoms in total. The number of hydrogen-bond donors (Lipinski definition) is 2. The van der Waals surface area contributed by atoms with E-state index in [2.05, 4.69) is 15.2 Å². The molecule has 0 fully saturated rings. The number of thiophene rings is 1. The van der Waals surface area contributed by atoms with E-state index in [1.54, 1.807) is 38.1 Å². The fourth-order valence-corrected chi connectivity index (χ4v) is 5.22. The van der Waals surface area contributed by atoms with E-state index in [-0.39, 0.29) is 16.0 Å². The molecule has 0 radical (unpaired) electrons. The number of aryl methyl sites for hydroxylation is 1. The monoisotopic (exact) mass is 459 g/mol. The van der Waals surface area contributed by atoms with Crippen LogP contribution < -0.4 is 10.0 Å². The number of aromatic nitrogens is 1. The minimum absolute atomic E-state index is 0.0572. The van der Waals surface area contributed by atoms with Crippen LogP contribution in [0.1, 0.15) is 48.1 Å². The molecular weight excluding hydrogens is 434 g/mol. The molecule has 3 aromatic rings. The lowest BCUT2D eigenvalue weighted by molar-refractivity contribution is -0.115. The Morgan fingerprint density at radius 3 is 2.65 bits per heavy atom. The second-order valence-corrected chi connectivity index (χ2v) is 10.2. The van der Waals surface area contributed by atoms with Crippen LogP contribution in [0.5, 0.6) is 0 Å². The Bertz CT molecular complexity index is 1160. The predicted octanol–water partition coefficient (Wildman–Crippen LogP) is 4.65. The normalized spacial score (nSPS) is 12.9. The standard InChI is InChI=1S/C22H25N3O4S2/c1-4-20(26)24-22-16(3)25-29-19(22)12-10-18-11-13-21(30-18)31(27,28)23-14-15(2)17-8-6-5-7-9-17/h5-13,15,23H,4,14H2,1-3H3,(H,24,26)/b12-10+/t15-/m0/s1. The number of carbonyl (C=O) groups excluding carboxylic acids is 1. The Kier molecular flexibility index (Phi) is 7.42. The Morgan fingerprint density at radius 2 is 1.94 bits per heavy atom. The average molecular weight is 460 g/mol. The summed E-state index contributed by atoms with van der Waals surface area (Å²) in [7, 11) is -3.61. The molecule has 0 aliphatic carbocycles.